The van der Waals surface area contributed by atoms with E-state index in [1.165, 1.54) is 6.07 Å². The second-order valence-electron chi connectivity index (χ2n) is 4.23. The molecule has 1 atom stereocenters. The number of hydrogen-bond donors (Lipinski definition) is 2. The van der Waals surface area contributed by atoms with E-state index in [-0.39, 0.29) is 11.9 Å². The molecule has 0 bridgehead atoms. The Kier molecular flexibility index (Phi) is 4.15. The summed E-state index contributed by atoms with van der Waals surface area (Å²) in [5.74, 6) is -0.300. The van der Waals surface area contributed by atoms with Crippen LogP contribution in [0.4, 0.5) is 4.39 Å². The van der Waals surface area contributed by atoms with Gasteiger partial charge in [0.15, 0.2) is 0 Å². The average Bonchev–Trinajstić information content (AvgIpc) is 2.80. The van der Waals surface area contributed by atoms with Crippen molar-refractivity contribution in [3.63, 3.8) is 0 Å². The standard InChI is InChI=1S/C13H16ClFN2/c14-10-6-3-7-11(15)13(10)12(8-16)17-9-4-1-2-5-9/h1-3,6-7,9,12,17H,4-5,8,16H2. The fraction of sp³-hybridized carbons (Fsp3) is 0.385. The van der Waals surface area contributed by atoms with Crippen molar-refractivity contribution in [2.24, 2.45) is 5.73 Å². The molecule has 1 aliphatic carbocycles. The van der Waals surface area contributed by atoms with E-state index in [1.807, 2.05) is 0 Å². The zero-order valence-electron chi connectivity index (χ0n) is 9.50. The van der Waals surface area contributed by atoms with Crippen molar-refractivity contribution >= 4 is 11.6 Å². The summed E-state index contributed by atoms with van der Waals surface area (Å²) in [6.45, 7) is 0.331. The third-order valence-corrected chi connectivity index (χ3v) is 3.36. The average molecular weight is 255 g/mol. The molecule has 2 rings (SSSR count). The molecule has 0 aromatic heterocycles. The maximum atomic E-state index is 13.8. The second-order valence-corrected chi connectivity index (χ2v) is 4.64. The molecular weight excluding hydrogens is 239 g/mol. The molecule has 0 saturated heterocycles. The predicted octanol–water partition coefficient (Wildman–Crippen LogP) is 2.79. The van der Waals surface area contributed by atoms with Gasteiger partial charge in [-0.25, -0.2) is 4.39 Å². The summed E-state index contributed by atoms with van der Waals surface area (Å²) in [5, 5.41) is 3.78. The van der Waals surface area contributed by atoms with Crippen LogP contribution in [0.15, 0.2) is 30.4 Å². The Hall–Kier alpha value is -0.900. The Labute approximate surface area is 106 Å². The van der Waals surface area contributed by atoms with Gasteiger partial charge in [0.25, 0.3) is 0 Å². The van der Waals surface area contributed by atoms with Crippen LogP contribution < -0.4 is 11.1 Å². The van der Waals surface area contributed by atoms with E-state index in [0.29, 0.717) is 23.2 Å². The maximum absolute atomic E-state index is 13.8. The van der Waals surface area contributed by atoms with Crippen LogP contribution in [0.25, 0.3) is 0 Å². The molecule has 0 aliphatic heterocycles. The van der Waals surface area contributed by atoms with Gasteiger partial charge >= 0.3 is 0 Å². The monoisotopic (exact) mass is 254 g/mol. The fourth-order valence-electron chi connectivity index (χ4n) is 2.15. The van der Waals surface area contributed by atoms with E-state index in [9.17, 15) is 4.39 Å². The molecule has 3 N–H and O–H groups in total. The van der Waals surface area contributed by atoms with Gasteiger partial charge in [0.05, 0.1) is 0 Å². The summed E-state index contributed by atoms with van der Waals surface area (Å²) in [6.07, 6.45) is 6.16. The summed E-state index contributed by atoms with van der Waals surface area (Å²) in [5.41, 5.74) is 6.19. The van der Waals surface area contributed by atoms with Crippen LogP contribution in [0, 0.1) is 5.82 Å². The number of hydrogen-bond acceptors (Lipinski definition) is 2. The van der Waals surface area contributed by atoms with Crippen molar-refractivity contribution in [2.45, 2.75) is 24.9 Å². The zero-order chi connectivity index (χ0) is 12.3. The number of rotatable bonds is 4. The van der Waals surface area contributed by atoms with Gasteiger partial charge < -0.3 is 11.1 Å². The molecule has 0 fully saturated rings. The molecule has 0 radical (unpaired) electrons. The van der Waals surface area contributed by atoms with Crippen LogP contribution in [0.1, 0.15) is 24.4 Å². The van der Waals surface area contributed by atoms with Crippen molar-refractivity contribution in [3.05, 3.63) is 46.8 Å². The Bertz CT molecular complexity index is 392. The lowest BCUT2D eigenvalue weighted by Crippen LogP contribution is -2.36. The Morgan fingerprint density at radius 2 is 2.12 bits per heavy atom. The number of nitrogens with one attached hydrogen (secondary N) is 1. The molecule has 1 aromatic rings. The molecule has 92 valence electrons. The van der Waals surface area contributed by atoms with Crippen molar-refractivity contribution in [3.8, 4) is 0 Å². The molecule has 1 aromatic carbocycles. The van der Waals surface area contributed by atoms with E-state index >= 15 is 0 Å². The van der Waals surface area contributed by atoms with Gasteiger partial charge in [-0.3, -0.25) is 0 Å². The SMILES string of the molecule is NCC(NC1CC=CC1)c1c(F)cccc1Cl. The molecule has 2 nitrogen and oxygen atoms in total. The molecule has 0 amide bonds. The summed E-state index contributed by atoms with van der Waals surface area (Å²) < 4.78 is 13.8. The van der Waals surface area contributed by atoms with Crippen LogP contribution >= 0.6 is 11.6 Å². The topological polar surface area (TPSA) is 38.0 Å². The summed E-state index contributed by atoms with van der Waals surface area (Å²) >= 11 is 6.04. The minimum absolute atomic E-state index is 0.228. The minimum atomic E-state index is -0.300. The largest absolute Gasteiger partial charge is 0.329 e. The van der Waals surface area contributed by atoms with Crippen molar-refractivity contribution < 1.29 is 4.39 Å². The number of halogens is 2. The van der Waals surface area contributed by atoms with Gasteiger partial charge in [-0.05, 0) is 25.0 Å². The van der Waals surface area contributed by atoms with Gasteiger partial charge in [-0.2, -0.15) is 0 Å². The molecule has 1 unspecified atom stereocenters. The summed E-state index contributed by atoms with van der Waals surface area (Å²) in [7, 11) is 0. The molecular formula is C13H16ClFN2. The lowest BCUT2D eigenvalue weighted by atomic mass is 10.0. The van der Waals surface area contributed by atoms with Gasteiger partial charge in [-0.15, -0.1) is 0 Å². The molecule has 1 aliphatic rings. The fourth-order valence-corrected chi connectivity index (χ4v) is 2.45. The van der Waals surface area contributed by atoms with Crippen molar-refractivity contribution in [1.29, 1.82) is 0 Å². The summed E-state index contributed by atoms with van der Waals surface area (Å²) in [6, 6.07) is 4.81. The molecule has 17 heavy (non-hydrogen) atoms. The van der Waals surface area contributed by atoms with Gasteiger partial charge in [0.2, 0.25) is 0 Å². The highest BCUT2D eigenvalue weighted by Gasteiger charge is 2.21. The van der Waals surface area contributed by atoms with E-state index in [1.54, 1.807) is 12.1 Å². The first-order valence-corrected chi connectivity index (χ1v) is 6.15. The van der Waals surface area contributed by atoms with Crippen LogP contribution in [-0.2, 0) is 0 Å². The highest BCUT2D eigenvalue weighted by Crippen LogP contribution is 2.26. The lowest BCUT2D eigenvalue weighted by molar-refractivity contribution is 0.439. The lowest BCUT2D eigenvalue weighted by Gasteiger charge is -2.23. The Morgan fingerprint density at radius 3 is 2.71 bits per heavy atom. The van der Waals surface area contributed by atoms with E-state index in [2.05, 4.69) is 17.5 Å². The van der Waals surface area contributed by atoms with Gasteiger partial charge in [0.1, 0.15) is 5.82 Å². The highest BCUT2D eigenvalue weighted by atomic mass is 35.5. The highest BCUT2D eigenvalue weighted by molar-refractivity contribution is 6.31. The smallest absolute Gasteiger partial charge is 0.129 e. The van der Waals surface area contributed by atoms with Gasteiger partial charge in [-0.1, -0.05) is 29.8 Å². The van der Waals surface area contributed by atoms with E-state index < -0.39 is 0 Å². The van der Waals surface area contributed by atoms with Crippen LogP contribution in [0.2, 0.25) is 5.02 Å². The van der Waals surface area contributed by atoms with Crippen molar-refractivity contribution in [1.82, 2.24) is 5.32 Å². The third-order valence-electron chi connectivity index (χ3n) is 3.03. The minimum Gasteiger partial charge on any atom is -0.329 e. The second kappa shape index (κ2) is 5.63. The van der Waals surface area contributed by atoms with E-state index in [4.69, 9.17) is 17.3 Å². The van der Waals surface area contributed by atoms with Crippen molar-refractivity contribution in [2.75, 3.05) is 6.54 Å². The molecule has 0 saturated carbocycles. The summed E-state index contributed by atoms with van der Waals surface area (Å²) in [4.78, 5) is 0. The van der Waals surface area contributed by atoms with Crippen LogP contribution in [0.5, 0.6) is 0 Å². The van der Waals surface area contributed by atoms with Gasteiger partial charge in [0, 0.05) is 29.2 Å². The first-order chi connectivity index (χ1) is 8.22. The first kappa shape index (κ1) is 12.6. The first-order valence-electron chi connectivity index (χ1n) is 5.77. The Morgan fingerprint density at radius 1 is 1.41 bits per heavy atom. The Balaban J connectivity index is 2.16. The number of benzene rings is 1. The van der Waals surface area contributed by atoms with Crippen LogP contribution in [0.3, 0.4) is 0 Å². The third kappa shape index (κ3) is 2.86. The number of nitrogens with two attached hydrogens (primary N) is 1. The van der Waals surface area contributed by atoms with E-state index in [0.717, 1.165) is 12.8 Å². The molecule has 0 heterocycles. The quantitative estimate of drug-likeness (QED) is 0.811. The maximum Gasteiger partial charge on any atom is 0.129 e. The van der Waals surface area contributed by atoms with Crippen LogP contribution in [-0.4, -0.2) is 12.6 Å². The molecule has 4 heteroatoms. The zero-order valence-corrected chi connectivity index (χ0v) is 10.3. The predicted molar refractivity (Wildman–Crippen MR) is 68.5 cm³/mol. The normalized spacial score (nSPS) is 17.6. The molecule has 0 spiro atoms.